The van der Waals surface area contributed by atoms with Crippen LogP contribution in [-0.2, 0) is 0 Å². The maximum absolute atomic E-state index is 10.1. The fraction of sp³-hybridized carbons (Fsp3) is 0.889. The zero-order valence-electron chi connectivity index (χ0n) is 18.3. The highest BCUT2D eigenvalue weighted by molar-refractivity contribution is 5.65. The summed E-state index contributed by atoms with van der Waals surface area (Å²) >= 11 is 0. The van der Waals surface area contributed by atoms with Gasteiger partial charge < -0.3 is 30.6 Å². The van der Waals surface area contributed by atoms with Gasteiger partial charge in [-0.15, -0.1) is 0 Å². The molecule has 0 radical (unpaired) electrons. The van der Waals surface area contributed by atoms with Crippen molar-refractivity contribution in [1.82, 2.24) is 20.4 Å². The number of hydrogen-bond acceptors (Lipinski definition) is 4. The molecule has 0 aliphatic carbocycles. The minimum Gasteiger partial charge on any atom is -0.465 e. The number of carboxylic acid groups (broad SMARTS) is 2. The van der Waals surface area contributed by atoms with Crippen molar-refractivity contribution in [2.45, 2.75) is 55.4 Å². The maximum atomic E-state index is 10.1. The summed E-state index contributed by atoms with van der Waals surface area (Å²) in [6, 6.07) is 0. The standard InChI is InChI=1S/2C5H11NO2.2C4H11N/c2*1-3-6(4-2)5(7)8;2*1-3-5-4-2/h2*3-4H2,1-2H3,(H,7,8);2*5H,3-4H2,1-2H3. The molecule has 0 saturated carbocycles. The average molecular weight is 381 g/mol. The van der Waals surface area contributed by atoms with Crippen LogP contribution in [0.2, 0.25) is 0 Å². The second-order valence-electron chi connectivity index (χ2n) is 4.82. The van der Waals surface area contributed by atoms with Gasteiger partial charge in [-0.2, -0.15) is 0 Å². The lowest BCUT2D eigenvalue weighted by molar-refractivity contribution is 0.149. The third-order valence-electron chi connectivity index (χ3n) is 3.07. The van der Waals surface area contributed by atoms with Crippen molar-refractivity contribution < 1.29 is 19.8 Å². The van der Waals surface area contributed by atoms with Crippen molar-refractivity contribution in [3.8, 4) is 0 Å². The highest BCUT2D eigenvalue weighted by Gasteiger charge is 2.03. The van der Waals surface area contributed by atoms with Crippen LogP contribution in [0.3, 0.4) is 0 Å². The third-order valence-corrected chi connectivity index (χ3v) is 3.07. The van der Waals surface area contributed by atoms with E-state index in [1.165, 1.54) is 9.80 Å². The Hall–Kier alpha value is -1.54. The molecular weight excluding hydrogens is 336 g/mol. The molecule has 0 aliphatic heterocycles. The highest BCUT2D eigenvalue weighted by atomic mass is 16.4. The highest BCUT2D eigenvalue weighted by Crippen LogP contribution is 1.85. The fourth-order valence-electron chi connectivity index (χ4n) is 1.49. The van der Waals surface area contributed by atoms with E-state index in [2.05, 4.69) is 38.3 Å². The lowest BCUT2D eigenvalue weighted by atomic mass is 10.6. The minimum absolute atomic E-state index is 0.575. The molecule has 0 rings (SSSR count). The Kier molecular flexibility index (Phi) is 35.0. The molecule has 0 aromatic rings. The maximum Gasteiger partial charge on any atom is 0.407 e. The van der Waals surface area contributed by atoms with Gasteiger partial charge in [0.25, 0.3) is 0 Å². The minimum atomic E-state index is -0.838. The number of carbonyl (C=O) groups is 2. The van der Waals surface area contributed by atoms with Crippen LogP contribution in [0.5, 0.6) is 0 Å². The Balaban J connectivity index is -0.000000127. The van der Waals surface area contributed by atoms with E-state index in [0.29, 0.717) is 26.2 Å². The summed E-state index contributed by atoms with van der Waals surface area (Å²) in [6.45, 7) is 22.3. The Morgan fingerprint density at radius 2 is 0.769 bits per heavy atom. The van der Waals surface area contributed by atoms with Crippen LogP contribution in [0, 0.1) is 0 Å². The molecular formula is C18H44N4O4. The summed E-state index contributed by atoms with van der Waals surface area (Å²) in [5, 5.41) is 22.8. The molecule has 8 heteroatoms. The van der Waals surface area contributed by atoms with E-state index in [4.69, 9.17) is 10.2 Å². The van der Waals surface area contributed by atoms with Crippen LogP contribution in [0.15, 0.2) is 0 Å². The number of rotatable bonds is 8. The first-order chi connectivity index (χ1) is 12.3. The first kappa shape index (κ1) is 32.2. The van der Waals surface area contributed by atoms with E-state index in [1.807, 2.05) is 27.7 Å². The first-order valence-electron chi connectivity index (χ1n) is 9.64. The zero-order chi connectivity index (χ0) is 21.4. The van der Waals surface area contributed by atoms with Gasteiger partial charge in [-0.1, -0.05) is 27.7 Å². The largest absolute Gasteiger partial charge is 0.465 e. The molecule has 0 fully saturated rings. The van der Waals surface area contributed by atoms with E-state index in [-0.39, 0.29) is 0 Å². The molecule has 0 aliphatic rings. The topological polar surface area (TPSA) is 105 Å². The van der Waals surface area contributed by atoms with Gasteiger partial charge in [0.2, 0.25) is 0 Å². The van der Waals surface area contributed by atoms with Crippen LogP contribution in [0.1, 0.15) is 55.4 Å². The Labute approximate surface area is 160 Å². The molecule has 0 atom stereocenters. The van der Waals surface area contributed by atoms with Crippen molar-refractivity contribution in [3.63, 3.8) is 0 Å². The summed E-state index contributed by atoms with van der Waals surface area (Å²) in [4.78, 5) is 22.8. The molecule has 26 heavy (non-hydrogen) atoms. The van der Waals surface area contributed by atoms with Crippen molar-refractivity contribution in [2.75, 3.05) is 52.4 Å². The van der Waals surface area contributed by atoms with Gasteiger partial charge in [-0.25, -0.2) is 9.59 Å². The second kappa shape index (κ2) is 28.3. The molecule has 0 heterocycles. The zero-order valence-corrected chi connectivity index (χ0v) is 18.3. The van der Waals surface area contributed by atoms with Gasteiger partial charge in [0.15, 0.2) is 0 Å². The van der Waals surface area contributed by atoms with Crippen molar-refractivity contribution >= 4 is 12.2 Å². The predicted octanol–water partition coefficient (Wildman–Crippen LogP) is 3.24. The SMILES string of the molecule is CCN(CC)C(=O)O.CCN(CC)C(=O)O.CCNCC.CCNCC. The van der Waals surface area contributed by atoms with Gasteiger partial charge >= 0.3 is 12.2 Å². The van der Waals surface area contributed by atoms with Gasteiger partial charge in [0, 0.05) is 26.2 Å². The lowest BCUT2D eigenvalue weighted by Crippen LogP contribution is -2.28. The van der Waals surface area contributed by atoms with Crippen molar-refractivity contribution in [1.29, 1.82) is 0 Å². The molecule has 0 saturated heterocycles. The quantitative estimate of drug-likeness (QED) is 0.515. The normalized spacial score (nSPS) is 8.62. The molecule has 0 bridgehead atoms. The summed E-state index contributed by atoms with van der Waals surface area (Å²) in [5.41, 5.74) is 0. The Bertz CT molecular complexity index is 252. The first-order valence-corrected chi connectivity index (χ1v) is 9.64. The summed E-state index contributed by atoms with van der Waals surface area (Å²) < 4.78 is 0. The fourth-order valence-corrected chi connectivity index (χ4v) is 1.49. The number of amides is 2. The van der Waals surface area contributed by atoms with Crippen molar-refractivity contribution in [3.05, 3.63) is 0 Å². The molecule has 4 N–H and O–H groups in total. The van der Waals surface area contributed by atoms with E-state index < -0.39 is 12.2 Å². The van der Waals surface area contributed by atoms with Crippen LogP contribution in [0.25, 0.3) is 0 Å². The van der Waals surface area contributed by atoms with Gasteiger partial charge in [-0.05, 0) is 53.9 Å². The van der Waals surface area contributed by atoms with Crippen molar-refractivity contribution in [2.24, 2.45) is 0 Å². The second-order valence-corrected chi connectivity index (χ2v) is 4.82. The van der Waals surface area contributed by atoms with Crippen LogP contribution >= 0.6 is 0 Å². The van der Waals surface area contributed by atoms with Gasteiger partial charge in [0.1, 0.15) is 0 Å². The predicted molar refractivity (Wildman–Crippen MR) is 110 cm³/mol. The summed E-state index contributed by atoms with van der Waals surface area (Å²) in [5.74, 6) is 0. The molecule has 0 aromatic heterocycles. The van der Waals surface area contributed by atoms with Crippen LogP contribution in [-0.4, -0.2) is 84.6 Å². The summed E-state index contributed by atoms with van der Waals surface area (Å²) in [6.07, 6.45) is -1.68. The van der Waals surface area contributed by atoms with E-state index >= 15 is 0 Å². The monoisotopic (exact) mass is 380 g/mol. The Morgan fingerprint density at radius 1 is 0.577 bits per heavy atom. The smallest absolute Gasteiger partial charge is 0.407 e. The molecule has 8 nitrogen and oxygen atoms in total. The molecule has 2 amide bonds. The van der Waals surface area contributed by atoms with Crippen LogP contribution in [0.4, 0.5) is 9.59 Å². The number of hydrogen-bond donors (Lipinski definition) is 4. The van der Waals surface area contributed by atoms with Gasteiger partial charge in [-0.3, -0.25) is 0 Å². The molecule has 0 spiro atoms. The number of nitrogens with zero attached hydrogens (tertiary/aromatic N) is 2. The van der Waals surface area contributed by atoms with E-state index in [9.17, 15) is 9.59 Å². The Morgan fingerprint density at radius 3 is 0.769 bits per heavy atom. The average Bonchev–Trinajstić information content (AvgIpc) is 2.59. The molecule has 0 unspecified atom stereocenters. The van der Waals surface area contributed by atoms with E-state index in [0.717, 1.165) is 26.2 Å². The lowest BCUT2D eigenvalue weighted by Gasteiger charge is -2.12. The molecule has 160 valence electrons. The molecule has 0 aromatic carbocycles. The van der Waals surface area contributed by atoms with Crippen LogP contribution < -0.4 is 10.6 Å². The number of nitrogens with one attached hydrogen (secondary N) is 2. The third kappa shape index (κ3) is 30.4. The van der Waals surface area contributed by atoms with E-state index in [1.54, 1.807) is 0 Å². The summed E-state index contributed by atoms with van der Waals surface area (Å²) in [7, 11) is 0. The van der Waals surface area contributed by atoms with Gasteiger partial charge in [0.05, 0.1) is 0 Å².